The number of rotatable bonds is 8. The maximum Gasteiger partial charge on any atom is 0.253 e. The Morgan fingerprint density at radius 3 is 2.74 bits per heavy atom. The zero-order valence-electron chi connectivity index (χ0n) is 12.1. The minimum atomic E-state index is -0.0537. The molecule has 0 aliphatic carbocycles. The van der Waals surface area contributed by atoms with Crippen LogP contribution in [-0.4, -0.2) is 32.2 Å². The minimum absolute atomic E-state index is 0.0537. The first-order valence-corrected chi connectivity index (χ1v) is 6.89. The number of hydrogen-bond donors (Lipinski definition) is 2. The third-order valence-corrected chi connectivity index (χ3v) is 2.72. The van der Waals surface area contributed by atoms with E-state index in [-0.39, 0.29) is 5.91 Å². The number of carbonyl (C=O) groups is 1. The Balaban J connectivity index is 2.67. The largest absolute Gasteiger partial charge is 0.384 e. The summed E-state index contributed by atoms with van der Waals surface area (Å²) in [5.74, 6) is -0.0537. The van der Waals surface area contributed by atoms with E-state index in [2.05, 4.69) is 17.6 Å². The molecule has 0 aliphatic rings. The SMILES string of the molecule is CCCNc1ccc(C)cc1C(=O)NCCOCC. The van der Waals surface area contributed by atoms with Crippen molar-refractivity contribution < 1.29 is 9.53 Å². The van der Waals surface area contributed by atoms with Gasteiger partial charge in [0.15, 0.2) is 0 Å². The highest BCUT2D eigenvalue weighted by molar-refractivity contribution is 5.99. The summed E-state index contributed by atoms with van der Waals surface area (Å²) in [6.07, 6.45) is 1.03. The van der Waals surface area contributed by atoms with Crippen molar-refractivity contribution in [3.8, 4) is 0 Å². The molecule has 0 aromatic heterocycles. The molecule has 0 saturated heterocycles. The molecule has 0 spiro atoms. The Bertz CT molecular complexity index is 405. The van der Waals surface area contributed by atoms with Crippen LogP contribution in [0.5, 0.6) is 0 Å². The van der Waals surface area contributed by atoms with Gasteiger partial charge in [0.1, 0.15) is 0 Å². The number of benzene rings is 1. The molecule has 1 amide bonds. The molecule has 19 heavy (non-hydrogen) atoms. The molecule has 1 aromatic carbocycles. The van der Waals surface area contributed by atoms with Crippen LogP contribution in [-0.2, 0) is 4.74 Å². The summed E-state index contributed by atoms with van der Waals surface area (Å²) < 4.78 is 5.21. The second-order valence-electron chi connectivity index (χ2n) is 4.43. The fourth-order valence-corrected chi connectivity index (χ4v) is 1.74. The lowest BCUT2D eigenvalue weighted by Gasteiger charge is -2.12. The molecule has 0 fully saturated rings. The van der Waals surface area contributed by atoms with E-state index in [9.17, 15) is 4.79 Å². The van der Waals surface area contributed by atoms with Crippen molar-refractivity contribution in [1.29, 1.82) is 0 Å². The maximum atomic E-state index is 12.1. The van der Waals surface area contributed by atoms with Crippen LogP contribution in [0.4, 0.5) is 5.69 Å². The summed E-state index contributed by atoms with van der Waals surface area (Å²) in [4.78, 5) is 12.1. The number of hydrogen-bond acceptors (Lipinski definition) is 3. The number of anilines is 1. The van der Waals surface area contributed by atoms with E-state index in [1.165, 1.54) is 0 Å². The molecule has 0 aliphatic heterocycles. The Labute approximate surface area is 115 Å². The Morgan fingerprint density at radius 2 is 2.05 bits per heavy atom. The zero-order valence-corrected chi connectivity index (χ0v) is 12.1. The maximum absolute atomic E-state index is 12.1. The predicted octanol–water partition coefficient (Wildman–Crippen LogP) is 2.58. The molecule has 4 nitrogen and oxygen atoms in total. The number of aryl methyl sites for hydroxylation is 1. The van der Waals surface area contributed by atoms with E-state index >= 15 is 0 Å². The van der Waals surface area contributed by atoms with Gasteiger partial charge in [-0.25, -0.2) is 0 Å². The van der Waals surface area contributed by atoms with Gasteiger partial charge >= 0.3 is 0 Å². The van der Waals surface area contributed by atoms with Crippen molar-refractivity contribution >= 4 is 11.6 Å². The molecule has 0 radical (unpaired) electrons. The van der Waals surface area contributed by atoms with Gasteiger partial charge in [-0.1, -0.05) is 18.6 Å². The lowest BCUT2D eigenvalue weighted by atomic mass is 10.1. The molecule has 1 rings (SSSR count). The summed E-state index contributed by atoms with van der Waals surface area (Å²) in [5.41, 5.74) is 2.67. The van der Waals surface area contributed by atoms with Gasteiger partial charge in [0.05, 0.1) is 12.2 Å². The van der Waals surface area contributed by atoms with E-state index < -0.39 is 0 Å². The molecular formula is C15H24N2O2. The quantitative estimate of drug-likeness (QED) is 0.710. The van der Waals surface area contributed by atoms with Crippen LogP contribution in [0, 0.1) is 6.92 Å². The van der Waals surface area contributed by atoms with Gasteiger partial charge in [0.25, 0.3) is 5.91 Å². The molecule has 0 heterocycles. The van der Waals surface area contributed by atoms with Crippen LogP contribution >= 0.6 is 0 Å². The van der Waals surface area contributed by atoms with Crippen LogP contribution in [0.2, 0.25) is 0 Å². The first kappa shape index (κ1) is 15.5. The molecule has 0 saturated carbocycles. The van der Waals surface area contributed by atoms with E-state index in [4.69, 9.17) is 4.74 Å². The lowest BCUT2D eigenvalue weighted by Crippen LogP contribution is -2.28. The van der Waals surface area contributed by atoms with Crippen LogP contribution in [0.1, 0.15) is 36.2 Å². The summed E-state index contributed by atoms with van der Waals surface area (Å²) in [6.45, 7) is 8.64. The summed E-state index contributed by atoms with van der Waals surface area (Å²) in [7, 11) is 0. The van der Waals surface area contributed by atoms with Gasteiger partial charge in [-0.05, 0) is 32.4 Å². The Kier molecular flexibility index (Phi) is 6.97. The van der Waals surface area contributed by atoms with Gasteiger partial charge in [0.2, 0.25) is 0 Å². The van der Waals surface area contributed by atoms with Crippen LogP contribution in [0.3, 0.4) is 0 Å². The fourth-order valence-electron chi connectivity index (χ4n) is 1.74. The lowest BCUT2D eigenvalue weighted by molar-refractivity contribution is 0.0923. The van der Waals surface area contributed by atoms with E-state index in [1.807, 2.05) is 32.0 Å². The second-order valence-corrected chi connectivity index (χ2v) is 4.43. The van der Waals surface area contributed by atoms with E-state index in [0.29, 0.717) is 25.3 Å². The van der Waals surface area contributed by atoms with Gasteiger partial charge < -0.3 is 15.4 Å². The smallest absolute Gasteiger partial charge is 0.253 e. The summed E-state index contributed by atoms with van der Waals surface area (Å²) in [5, 5.41) is 6.15. The van der Waals surface area contributed by atoms with Crippen molar-refractivity contribution in [1.82, 2.24) is 5.32 Å². The first-order valence-electron chi connectivity index (χ1n) is 6.89. The number of nitrogens with one attached hydrogen (secondary N) is 2. The second kappa shape index (κ2) is 8.53. The summed E-state index contributed by atoms with van der Waals surface area (Å²) >= 11 is 0. The average Bonchev–Trinajstić information content (AvgIpc) is 2.42. The standard InChI is InChI=1S/C15H24N2O2/c1-4-8-16-14-7-6-12(3)11-13(14)15(18)17-9-10-19-5-2/h6-7,11,16H,4-5,8-10H2,1-3H3,(H,17,18). The molecule has 1 aromatic rings. The van der Waals surface area contributed by atoms with Gasteiger partial charge in [-0.2, -0.15) is 0 Å². The van der Waals surface area contributed by atoms with Crippen LogP contribution < -0.4 is 10.6 Å². The van der Waals surface area contributed by atoms with Gasteiger partial charge in [0, 0.05) is 25.4 Å². The highest BCUT2D eigenvalue weighted by Gasteiger charge is 2.10. The monoisotopic (exact) mass is 264 g/mol. The third kappa shape index (κ3) is 5.30. The van der Waals surface area contributed by atoms with Crippen molar-refractivity contribution in [2.75, 3.05) is 31.6 Å². The predicted molar refractivity (Wildman–Crippen MR) is 78.8 cm³/mol. The number of ether oxygens (including phenoxy) is 1. The molecule has 0 atom stereocenters. The van der Waals surface area contributed by atoms with Crippen LogP contribution in [0.15, 0.2) is 18.2 Å². The van der Waals surface area contributed by atoms with Crippen molar-refractivity contribution in [3.63, 3.8) is 0 Å². The molecule has 4 heteroatoms. The molecule has 2 N–H and O–H groups in total. The highest BCUT2D eigenvalue weighted by atomic mass is 16.5. The third-order valence-electron chi connectivity index (χ3n) is 2.72. The molecular weight excluding hydrogens is 240 g/mol. The molecule has 0 bridgehead atoms. The van der Waals surface area contributed by atoms with Crippen LogP contribution in [0.25, 0.3) is 0 Å². The minimum Gasteiger partial charge on any atom is -0.384 e. The average molecular weight is 264 g/mol. The summed E-state index contributed by atoms with van der Waals surface area (Å²) in [6, 6.07) is 5.88. The number of carbonyl (C=O) groups excluding carboxylic acids is 1. The van der Waals surface area contributed by atoms with Gasteiger partial charge in [-0.15, -0.1) is 0 Å². The fraction of sp³-hybridized carbons (Fsp3) is 0.533. The first-order chi connectivity index (χ1) is 9.19. The van der Waals surface area contributed by atoms with Crippen molar-refractivity contribution in [2.24, 2.45) is 0 Å². The van der Waals surface area contributed by atoms with Crippen molar-refractivity contribution in [2.45, 2.75) is 27.2 Å². The Morgan fingerprint density at radius 1 is 1.26 bits per heavy atom. The van der Waals surface area contributed by atoms with Crippen molar-refractivity contribution in [3.05, 3.63) is 29.3 Å². The number of amides is 1. The van der Waals surface area contributed by atoms with E-state index in [0.717, 1.165) is 24.2 Å². The normalized spacial score (nSPS) is 10.3. The zero-order chi connectivity index (χ0) is 14.1. The highest BCUT2D eigenvalue weighted by Crippen LogP contribution is 2.17. The molecule has 0 unspecified atom stereocenters. The molecule has 106 valence electrons. The van der Waals surface area contributed by atoms with E-state index in [1.54, 1.807) is 0 Å². The Hall–Kier alpha value is -1.55. The topological polar surface area (TPSA) is 50.4 Å². The van der Waals surface area contributed by atoms with Gasteiger partial charge in [-0.3, -0.25) is 4.79 Å².